The van der Waals surface area contributed by atoms with Gasteiger partial charge in [-0.1, -0.05) is 25.1 Å². The highest BCUT2D eigenvalue weighted by molar-refractivity contribution is 5.86. The predicted octanol–water partition coefficient (Wildman–Crippen LogP) is 5.15. The Morgan fingerprint density at radius 2 is 1.81 bits per heavy atom. The number of nitrogens with one attached hydrogen (secondary N) is 2. The van der Waals surface area contributed by atoms with Crippen molar-refractivity contribution in [1.29, 1.82) is 0 Å². The maximum Gasteiger partial charge on any atom is 0.223 e. The lowest BCUT2D eigenvalue weighted by Gasteiger charge is -2.17. The first-order valence-electron chi connectivity index (χ1n) is 9.33. The van der Waals surface area contributed by atoms with Gasteiger partial charge < -0.3 is 10.3 Å². The van der Waals surface area contributed by atoms with Crippen LogP contribution in [0, 0.1) is 19.8 Å². The molecule has 1 atom stereocenters. The molecule has 26 heavy (non-hydrogen) atoms. The molecule has 0 aliphatic carbocycles. The fourth-order valence-corrected chi connectivity index (χ4v) is 3.48. The van der Waals surface area contributed by atoms with Gasteiger partial charge in [0, 0.05) is 23.7 Å². The van der Waals surface area contributed by atoms with E-state index in [1.165, 1.54) is 33.2 Å². The van der Waals surface area contributed by atoms with Crippen LogP contribution in [0.3, 0.4) is 0 Å². The number of aromatic nitrogens is 1. The van der Waals surface area contributed by atoms with Gasteiger partial charge in [0.25, 0.3) is 0 Å². The number of rotatable bonds is 5. The lowest BCUT2D eigenvalue weighted by atomic mass is 9.90. The maximum atomic E-state index is 12.2. The van der Waals surface area contributed by atoms with Crippen LogP contribution in [0.2, 0.25) is 0 Å². The summed E-state index contributed by atoms with van der Waals surface area (Å²) in [7, 11) is 0. The van der Waals surface area contributed by atoms with Crippen LogP contribution < -0.4 is 5.32 Å². The quantitative estimate of drug-likeness (QED) is 0.657. The van der Waals surface area contributed by atoms with Crippen LogP contribution in [0.25, 0.3) is 22.0 Å². The summed E-state index contributed by atoms with van der Waals surface area (Å²) in [6.45, 7) is 10.3. The van der Waals surface area contributed by atoms with Gasteiger partial charge in [0.1, 0.15) is 0 Å². The Bertz CT molecular complexity index is 937. The minimum Gasteiger partial charge on any atom is -0.361 e. The van der Waals surface area contributed by atoms with E-state index in [-0.39, 0.29) is 17.9 Å². The van der Waals surface area contributed by atoms with E-state index in [1.807, 2.05) is 27.0 Å². The Morgan fingerprint density at radius 3 is 2.54 bits per heavy atom. The summed E-state index contributed by atoms with van der Waals surface area (Å²) in [5, 5.41) is 4.23. The maximum absolute atomic E-state index is 12.2. The zero-order valence-corrected chi connectivity index (χ0v) is 16.3. The molecule has 3 nitrogen and oxygen atoms in total. The van der Waals surface area contributed by atoms with E-state index in [0.29, 0.717) is 0 Å². The minimum absolute atomic E-state index is 0.0300. The first-order valence-corrected chi connectivity index (χ1v) is 9.33. The average molecular weight is 348 g/mol. The Hall–Kier alpha value is -2.55. The molecule has 3 rings (SSSR count). The number of aromatic amines is 1. The molecule has 1 heterocycles. The molecule has 0 saturated heterocycles. The van der Waals surface area contributed by atoms with Crippen molar-refractivity contribution in [2.75, 3.05) is 0 Å². The third-order valence-corrected chi connectivity index (χ3v) is 4.95. The summed E-state index contributed by atoms with van der Waals surface area (Å²) >= 11 is 0. The second kappa shape index (κ2) is 7.36. The number of hydrogen-bond donors (Lipinski definition) is 2. The van der Waals surface area contributed by atoms with Gasteiger partial charge in [-0.15, -0.1) is 0 Å². The van der Waals surface area contributed by atoms with Gasteiger partial charge in [0.2, 0.25) is 5.91 Å². The number of amides is 1. The van der Waals surface area contributed by atoms with Crippen molar-refractivity contribution in [3.8, 4) is 11.1 Å². The fourth-order valence-electron chi connectivity index (χ4n) is 3.48. The van der Waals surface area contributed by atoms with Crippen LogP contribution >= 0.6 is 0 Å². The summed E-state index contributed by atoms with van der Waals surface area (Å²) in [5.74, 6) is 0.0941. The highest BCUT2D eigenvalue weighted by Gasteiger charge is 2.16. The Labute approximate surface area is 155 Å². The molecule has 3 aromatic rings. The third-order valence-electron chi connectivity index (χ3n) is 4.95. The van der Waals surface area contributed by atoms with Crippen LogP contribution in [0.4, 0.5) is 0 Å². The monoisotopic (exact) mass is 348 g/mol. The van der Waals surface area contributed by atoms with E-state index in [4.69, 9.17) is 0 Å². The van der Waals surface area contributed by atoms with Crippen molar-refractivity contribution < 1.29 is 4.79 Å². The molecule has 0 fully saturated rings. The second-order valence-electron chi connectivity index (χ2n) is 7.64. The molecule has 0 aliphatic rings. The van der Waals surface area contributed by atoms with Crippen molar-refractivity contribution in [3.63, 3.8) is 0 Å². The van der Waals surface area contributed by atoms with Gasteiger partial charge >= 0.3 is 0 Å². The number of carbonyl (C=O) groups is 1. The lowest BCUT2D eigenvalue weighted by Crippen LogP contribution is -2.35. The van der Waals surface area contributed by atoms with Crippen molar-refractivity contribution in [2.45, 2.75) is 47.1 Å². The minimum atomic E-state index is -0.0300. The molecule has 2 aromatic carbocycles. The molecule has 1 unspecified atom stereocenters. The highest BCUT2D eigenvalue weighted by Crippen LogP contribution is 2.30. The van der Waals surface area contributed by atoms with Crippen molar-refractivity contribution in [2.24, 2.45) is 5.92 Å². The standard InChI is InChI=1S/C23H28N2O/c1-14(2)25-23(26)17(5)11-20-10-16(4)21(12-15(20)3)18-6-7-22-19(13-18)8-9-24-22/h6-10,12-14,17,24H,11H2,1-5H3,(H,25,26). The van der Waals surface area contributed by atoms with E-state index < -0.39 is 0 Å². The first-order chi connectivity index (χ1) is 12.3. The second-order valence-corrected chi connectivity index (χ2v) is 7.64. The summed E-state index contributed by atoms with van der Waals surface area (Å²) < 4.78 is 0. The van der Waals surface area contributed by atoms with Crippen molar-refractivity contribution >= 4 is 16.8 Å². The summed E-state index contributed by atoms with van der Waals surface area (Å²) in [5.41, 5.74) is 7.38. The fraction of sp³-hybridized carbons (Fsp3) is 0.348. The summed E-state index contributed by atoms with van der Waals surface area (Å²) in [6, 6.07) is 13.3. The molecule has 0 spiro atoms. The number of H-pyrrole nitrogens is 1. The van der Waals surface area contributed by atoms with Crippen LogP contribution in [-0.4, -0.2) is 16.9 Å². The molecular weight excluding hydrogens is 320 g/mol. The molecule has 1 amide bonds. The zero-order chi connectivity index (χ0) is 18.8. The van der Waals surface area contributed by atoms with Crippen molar-refractivity contribution in [3.05, 3.63) is 59.3 Å². The molecule has 0 saturated carbocycles. The van der Waals surface area contributed by atoms with Gasteiger partial charge in [-0.2, -0.15) is 0 Å². The molecule has 0 radical (unpaired) electrons. The van der Waals surface area contributed by atoms with Crippen LogP contribution in [0.5, 0.6) is 0 Å². The summed E-state index contributed by atoms with van der Waals surface area (Å²) in [4.78, 5) is 15.5. The lowest BCUT2D eigenvalue weighted by molar-refractivity contribution is -0.124. The van der Waals surface area contributed by atoms with E-state index in [1.54, 1.807) is 0 Å². The first kappa shape index (κ1) is 18.2. The Balaban J connectivity index is 1.87. The SMILES string of the molecule is Cc1cc(-c2ccc3[nH]ccc3c2)c(C)cc1CC(C)C(=O)NC(C)C. The molecule has 0 aliphatic heterocycles. The van der Waals surface area contributed by atoms with E-state index in [9.17, 15) is 4.79 Å². The van der Waals surface area contributed by atoms with Crippen LogP contribution in [0.1, 0.15) is 37.5 Å². The smallest absolute Gasteiger partial charge is 0.223 e. The summed E-state index contributed by atoms with van der Waals surface area (Å²) in [6.07, 6.45) is 2.74. The third kappa shape index (κ3) is 3.82. The molecule has 1 aromatic heterocycles. The van der Waals surface area contributed by atoms with Gasteiger partial charge in [0.05, 0.1) is 0 Å². The van der Waals surface area contributed by atoms with Crippen LogP contribution in [-0.2, 0) is 11.2 Å². The molecule has 3 heteroatoms. The number of carbonyl (C=O) groups excluding carboxylic acids is 1. The Kier molecular flexibility index (Phi) is 5.17. The predicted molar refractivity (Wildman–Crippen MR) is 109 cm³/mol. The molecule has 2 N–H and O–H groups in total. The van der Waals surface area contributed by atoms with Gasteiger partial charge in [-0.3, -0.25) is 4.79 Å². The normalized spacial score (nSPS) is 12.5. The van der Waals surface area contributed by atoms with E-state index in [0.717, 1.165) is 11.9 Å². The van der Waals surface area contributed by atoms with Gasteiger partial charge in [-0.05, 0) is 85.5 Å². The molecule has 0 bridgehead atoms. The zero-order valence-electron chi connectivity index (χ0n) is 16.3. The van der Waals surface area contributed by atoms with Crippen LogP contribution in [0.15, 0.2) is 42.6 Å². The highest BCUT2D eigenvalue weighted by atomic mass is 16.1. The van der Waals surface area contributed by atoms with Gasteiger partial charge in [-0.25, -0.2) is 0 Å². The number of fused-ring (bicyclic) bond motifs is 1. The number of hydrogen-bond acceptors (Lipinski definition) is 1. The largest absolute Gasteiger partial charge is 0.361 e. The van der Waals surface area contributed by atoms with E-state index >= 15 is 0 Å². The number of aryl methyl sites for hydroxylation is 2. The van der Waals surface area contributed by atoms with Crippen molar-refractivity contribution in [1.82, 2.24) is 10.3 Å². The number of benzene rings is 2. The topological polar surface area (TPSA) is 44.9 Å². The molecular formula is C23H28N2O. The Morgan fingerprint density at radius 1 is 1.04 bits per heavy atom. The average Bonchev–Trinajstić information content (AvgIpc) is 3.04. The molecule has 136 valence electrons. The van der Waals surface area contributed by atoms with E-state index in [2.05, 4.69) is 60.5 Å². The van der Waals surface area contributed by atoms with Gasteiger partial charge in [0.15, 0.2) is 0 Å².